The third-order valence-corrected chi connectivity index (χ3v) is 8.37. The molecule has 2 aliphatic carbocycles. The molecular weight excluding hydrogens is 505 g/mol. The van der Waals surface area contributed by atoms with Crippen LogP contribution in [-0.4, -0.2) is 57.5 Å². The normalized spacial score (nSPS) is 13.1. The molecule has 0 saturated carbocycles. The van der Waals surface area contributed by atoms with Crippen LogP contribution in [0.15, 0.2) is 64.4 Å². The molecule has 3 rings (SSSR count). The van der Waals surface area contributed by atoms with Crippen LogP contribution in [0.25, 0.3) is 11.1 Å². The molecule has 0 spiro atoms. The molecule has 0 aliphatic heterocycles. The quantitative estimate of drug-likeness (QED) is 0.228. The SMILES string of the molecule is CC(C)c1ccc2c(C(C)CCCNS(=O)(=O)c3ccc(Cl)cc3)cc(S(=O)(=O)O)c-2cc1.[NaH]. The number of rotatable bonds is 9. The summed E-state index contributed by atoms with van der Waals surface area (Å²) in [5.41, 5.74) is 3.12. The van der Waals surface area contributed by atoms with Gasteiger partial charge in [-0.1, -0.05) is 56.6 Å². The van der Waals surface area contributed by atoms with Crippen molar-refractivity contribution in [3.05, 3.63) is 70.7 Å². The zero-order valence-electron chi connectivity index (χ0n) is 18.7. The van der Waals surface area contributed by atoms with Gasteiger partial charge in [0.1, 0.15) is 4.90 Å². The van der Waals surface area contributed by atoms with E-state index in [2.05, 4.69) is 18.6 Å². The van der Waals surface area contributed by atoms with Crippen LogP contribution in [0, 0.1) is 0 Å². The molecule has 180 valence electrons. The van der Waals surface area contributed by atoms with Crippen LogP contribution in [-0.2, 0) is 20.1 Å². The standard InChI is InChI=1S/C24H28ClNO5S2.Na.H/c1-16(2)18-6-12-21-22(13-7-18)24(33(29,30)31)15-23(21)17(3)5-4-14-26-32(27,28)20-10-8-19(25)9-11-20;;/h6-13,15-17,26H,4-5,14H2,1-3H3,(H,29,30,31);;. The maximum absolute atomic E-state index is 12.4. The van der Waals surface area contributed by atoms with Gasteiger partial charge in [0.05, 0.1) is 4.90 Å². The van der Waals surface area contributed by atoms with Gasteiger partial charge in [-0.2, -0.15) is 8.42 Å². The van der Waals surface area contributed by atoms with Gasteiger partial charge in [0, 0.05) is 17.1 Å². The molecule has 0 heterocycles. The third-order valence-electron chi connectivity index (χ3n) is 5.74. The van der Waals surface area contributed by atoms with Crippen molar-refractivity contribution in [3.8, 4) is 11.1 Å². The number of halogens is 1. The second-order valence-electron chi connectivity index (χ2n) is 8.48. The van der Waals surface area contributed by atoms with Crippen molar-refractivity contribution in [2.75, 3.05) is 6.54 Å². The van der Waals surface area contributed by atoms with E-state index in [4.69, 9.17) is 11.6 Å². The summed E-state index contributed by atoms with van der Waals surface area (Å²) in [5, 5.41) is 0.461. The van der Waals surface area contributed by atoms with Crippen molar-refractivity contribution < 1.29 is 21.4 Å². The van der Waals surface area contributed by atoms with E-state index < -0.39 is 20.1 Å². The van der Waals surface area contributed by atoms with E-state index in [9.17, 15) is 21.4 Å². The van der Waals surface area contributed by atoms with Crippen LogP contribution in [0.1, 0.15) is 56.6 Å². The van der Waals surface area contributed by atoms with Gasteiger partial charge in [-0.3, -0.25) is 4.55 Å². The molecule has 1 unspecified atom stereocenters. The minimum absolute atomic E-state index is 0. The molecule has 0 fully saturated rings. The number of hydrogen-bond acceptors (Lipinski definition) is 4. The summed E-state index contributed by atoms with van der Waals surface area (Å²) >= 11 is 5.82. The van der Waals surface area contributed by atoms with Crippen molar-refractivity contribution in [3.63, 3.8) is 0 Å². The van der Waals surface area contributed by atoms with Gasteiger partial charge in [0.15, 0.2) is 0 Å². The fraction of sp³-hybridized carbons (Fsp3) is 0.333. The summed E-state index contributed by atoms with van der Waals surface area (Å²) < 4.78 is 61.2. The molecule has 34 heavy (non-hydrogen) atoms. The monoisotopic (exact) mass is 533 g/mol. The van der Waals surface area contributed by atoms with Gasteiger partial charge in [-0.15, -0.1) is 0 Å². The van der Waals surface area contributed by atoms with Crippen LogP contribution in [0.4, 0.5) is 0 Å². The van der Waals surface area contributed by atoms with Gasteiger partial charge in [-0.25, -0.2) is 13.1 Å². The zero-order valence-corrected chi connectivity index (χ0v) is 21.1. The number of hydrogen-bond donors (Lipinski definition) is 2. The van der Waals surface area contributed by atoms with Gasteiger partial charge in [0.2, 0.25) is 10.0 Å². The molecule has 0 radical (unpaired) electrons. The van der Waals surface area contributed by atoms with Gasteiger partial charge >= 0.3 is 29.6 Å². The van der Waals surface area contributed by atoms with Crippen LogP contribution < -0.4 is 4.72 Å². The Kier molecular flexibility index (Phi) is 10.2. The Hall–Kier alpha value is -0.970. The molecule has 6 nitrogen and oxygen atoms in total. The van der Waals surface area contributed by atoms with Crippen molar-refractivity contribution in [2.45, 2.75) is 55.2 Å². The summed E-state index contributed by atoms with van der Waals surface area (Å²) in [6.45, 7) is 6.31. The molecule has 1 atom stereocenters. The Bertz CT molecular complexity index is 1310. The molecule has 1 aromatic rings. The predicted molar refractivity (Wildman–Crippen MR) is 138 cm³/mol. The van der Waals surface area contributed by atoms with E-state index in [1.807, 2.05) is 25.1 Å². The Morgan fingerprint density at radius 3 is 2.06 bits per heavy atom. The van der Waals surface area contributed by atoms with Crippen LogP contribution >= 0.6 is 11.6 Å². The van der Waals surface area contributed by atoms with E-state index in [1.165, 1.54) is 30.3 Å². The summed E-state index contributed by atoms with van der Waals surface area (Å²) in [6, 6.07) is 15.0. The van der Waals surface area contributed by atoms with Crippen LogP contribution in [0.5, 0.6) is 0 Å². The zero-order chi connectivity index (χ0) is 24.4. The summed E-state index contributed by atoms with van der Waals surface area (Å²) in [4.78, 5) is 0.0434. The fourth-order valence-electron chi connectivity index (χ4n) is 3.83. The average molecular weight is 534 g/mol. The van der Waals surface area contributed by atoms with Crippen molar-refractivity contribution in [1.29, 1.82) is 0 Å². The average Bonchev–Trinajstić information content (AvgIpc) is 2.96. The predicted octanol–water partition coefficient (Wildman–Crippen LogP) is 5.03. The number of fused-ring (bicyclic) bond motifs is 1. The first kappa shape index (κ1) is 29.3. The van der Waals surface area contributed by atoms with Gasteiger partial charge < -0.3 is 0 Å². The Balaban J connectivity index is 0.00000408. The first-order valence-electron chi connectivity index (χ1n) is 10.7. The minimum atomic E-state index is -4.38. The van der Waals surface area contributed by atoms with E-state index in [-0.39, 0.29) is 57.7 Å². The molecule has 2 aliphatic rings. The van der Waals surface area contributed by atoms with E-state index in [1.54, 1.807) is 6.07 Å². The Morgan fingerprint density at radius 1 is 0.912 bits per heavy atom. The molecule has 0 saturated heterocycles. The third kappa shape index (κ3) is 7.04. The molecule has 10 heteroatoms. The number of nitrogens with one attached hydrogen (secondary N) is 1. The van der Waals surface area contributed by atoms with Crippen LogP contribution in [0.2, 0.25) is 5.02 Å². The second kappa shape index (κ2) is 11.8. The first-order valence-corrected chi connectivity index (χ1v) is 14.0. The maximum atomic E-state index is 12.4. The topological polar surface area (TPSA) is 101 Å². The molecular formula is C24H29ClNNaO5S2. The van der Waals surface area contributed by atoms with Crippen molar-refractivity contribution >= 4 is 61.3 Å². The number of benzene rings is 1. The first-order chi connectivity index (χ1) is 15.4. The second-order valence-corrected chi connectivity index (χ2v) is 12.1. The summed E-state index contributed by atoms with van der Waals surface area (Å²) in [6.07, 6.45) is 1.18. The van der Waals surface area contributed by atoms with E-state index in [0.29, 0.717) is 23.4 Å². The van der Waals surface area contributed by atoms with E-state index in [0.717, 1.165) is 16.7 Å². The molecule has 2 N–H and O–H groups in total. The summed E-state index contributed by atoms with van der Waals surface area (Å²) in [5.74, 6) is 0.221. The molecule has 0 amide bonds. The molecule has 0 aromatic heterocycles. The Labute approximate surface area is 229 Å². The Morgan fingerprint density at radius 2 is 1.50 bits per heavy atom. The van der Waals surface area contributed by atoms with Crippen LogP contribution in [0.3, 0.4) is 0 Å². The van der Waals surface area contributed by atoms with Gasteiger partial charge in [-0.05, 0) is 71.7 Å². The number of sulfonamides is 1. The van der Waals surface area contributed by atoms with Crippen molar-refractivity contribution in [2.24, 2.45) is 0 Å². The molecule has 0 bridgehead atoms. The summed E-state index contributed by atoms with van der Waals surface area (Å²) in [7, 11) is -8.02. The molecule has 1 aromatic carbocycles. The van der Waals surface area contributed by atoms with E-state index >= 15 is 0 Å². The van der Waals surface area contributed by atoms with Gasteiger partial charge in [0.25, 0.3) is 10.1 Å². The van der Waals surface area contributed by atoms with Crippen molar-refractivity contribution in [1.82, 2.24) is 4.72 Å². The fourth-order valence-corrected chi connectivity index (χ4v) is 5.76.